The van der Waals surface area contributed by atoms with Gasteiger partial charge >= 0.3 is 23.6 Å². The van der Waals surface area contributed by atoms with E-state index in [0.717, 1.165) is 89.9 Å². The first-order valence-electron chi connectivity index (χ1n) is 50.7. The van der Waals surface area contributed by atoms with E-state index in [9.17, 15) is 63.0 Å². The average molecular weight is 1850 g/mol. The number of aliphatic carboxylic acids is 1. The Morgan fingerprint density at radius 2 is 0.815 bits per heavy atom. The van der Waals surface area contributed by atoms with Crippen LogP contribution in [0.4, 0.5) is 11.8 Å². The molecule has 2 aromatic heterocycles. The lowest BCUT2D eigenvalue weighted by Gasteiger charge is -2.27. The van der Waals surface area contributed by atoms with E-state index in [1.165, 1.54) is 170 Å². The quantitative estimate of drug-likeness (QED) is 0.0184. The number of esters is 2. The van der Waals surface area contributed by atoms with Crippen LogP contribution in [0.2, 0.25) is 0 Å². The maximum atomic E-state index is 14.9. The first-order valence-corrected chi connectivity index (χ1v) is 51.9. The normalized spacial score (nSPS) is 13.0. The Kier molecular flexibility index (Phi) is 68.4. The number of aliphatic hydroxyl groups excluding tert-OH is 1. The van der Waals surface area contributed by atoms with Crippen LogP contribution in [0, 0.1) is 0 Å². The van der Waals surface area contributed by atoms with Crippen LogP contribution in [0.25, 0.3) is 11.2 Å². The number of ether oxygens (including phenoxy) is 2. The van der Waals surface area contributed by atoms with E-state index in [0.29, 0.717) is 86.7 Å². The number of carbonyl (C=O) groups excluding carboxylic acids is 9. The van der Waals surface area contributed by atoms with Crippen molar-refractivity contribution in [3.05, 3.63) is 45.9 Å². The molecule has 0 aliphatic carbocycles. The second-order valence-electron chi connectivity index (χ2n) is 35.5. The van der Waals surface area contributed by atoms with Crippen LogP contribution in [0.3, 0.4) is 0 Å². The van der Waals surface area contributed by atoms with E-state index in [1.807, 2.05) is 0 Å². The largest absolute Gasteiger partial charge is 0.480 e. The van der Waals surface area contributed by atoms with Gasteiger partial charge in [-0.15, -0.1) is 0 Å². The third-order valence-corrected chi connectivity index (χ3v) is 25.0. The van der Waals surface area contributed by atoms with Crippen LogP contribution in [0.1, 0.15) is 403 Å². The smallest absolute Gasteiger partial charge is 0.328 e. The zero-order valence-electron chi connectivity index (χ0n) is 80.3. The molecule has 0 saturated carbocycles. The van der Waals surface area contributed by atoms with E-state index in [1.54, 1.807) is 24.3 Å². The van der Waals surface area contributed by atoms with Crippen molar-refractivity contribution in [3.8, 4) is 0 Å². The van der Waals surface area contributed by atoms with Crippen molar-refractivity contribution in [1.29, 1.82) is 0 Å². The first-order chi connectivity index (χ1) is 63.2. The minimum absolute atomic E-state index is 0.0369. The summed E-state index contributed by atoms with van der Waals surface area (Å²) in [5.74, 6) is -6.88. The minimum Gasteiger partial charge on any atom is -0.480 e. The van der Waals surface area contributed by atoms with Crippen molar-refractivity contribution >= 4 is 94.0 Å². The summed E-state index contributed by atoms with van der Waals surface area (Å²) in [4.78, 5) is 165. The number of nitrogens with zero attached hydrogens (tertiary/aromatic N) is 3. The number of unbranched alkanes of at least 4 members (excludes halogenated alkanes) is 41. The van der Waals surface area contributed by atoms with E-state index in [4.69, 9.17) is 32.4 Å². The SMILES string of the molecule is CCCCCCCCCCCCCCCC(=O)N[C@@H](CSCC(COC(=O)CCCCCCCCCCCCCCC)OC(=O)CCCCCCCCCCCCCCC)C(=O)N[C@@H](CO)C(=O)N[C@@H](CCCCN)C(=O)N[C@@H](CCCCNC(=O)c1ccc(Cn2c(=O)[nH]c3c(N)nc(NCCCC)nc32)cc1)C(=O)N[C@@H](CCCCN)C(=O)N[C@@H](CCCCN)C(=O)O. The summed E-state index contributed by atoms with van der Waals surface area (Å²) in [6.45, 7) is 9.16. The Labute approximate surface area is 781 Å². The van der Waals surface area contributed by atoms with E-state index >= 15 is 0 Å². The van der Waals surface area contributed by atoms with Crippen molar-refractivity contribution < 1.29 is 67.6 Å². The third-order valence-electron chi connectivity index (χ3n) is 23.8. The van der Waals surface area contributed by atoms with Gasteiger partial charge in [0.2, 0.25) is 41.4 Å². The second kappa shape index (κ2) is 76.5. The lowest BCUT2D eigenvalue weighted by atomic mass is 10.0. The number of benzene rings is 1. The number of carbonyl (C=O) groups is 10. The second-order valence-corrected chi connectivity index (χ2v) is 36.6. The van der Waals surface area contributed by atoms with Gasteiger partial charge in [-0.05, 0) is 140 Å². The monoisotopic (exact) mass is 1850 g/mol. The number of carboxylic acids is 1. The van der Waals surface area contributed by atoms with Gasteiger partial charge in [-0.1, -0.05) is 277 Å². The van der Waals surface area contributed by atoms with Gasteiger partial charge in [-0.2, -0.15) is 21.7 Å². The van der Waals surface area contributed by atoms with Crippen LogP contribution in [-0.4, -0.2) is 189 Å². The maximum absolute atomic E-state index is 14.9. The van der Waals surface area contributed by atoms with Crippen LogP contribution < -0.4 is 71.2 Å². The van der Waals surface area contributed by atoms with Gasteiger partial charge in [0.25, 0.3) is 5.91 Å². The maximum Gasteiger partial charge on any atom is 0.328 e. The van der Waals surface area contributed by atoms with Crippen molar-refractivity contribution in [3.63, 3.8) is 0 Å². The zero-order chi connectivity index (χ0) is 94.8. The molecule has 31 nitrogen and oxygen atoms in total. The van der Waals surface area contributed by atoms with E-state index in [-0.39, 0.29) is 120 Å². The number of nitrogen functional groups attached to an aromatic ring is 1. The molecule has 7 amide bonds. The van der Waals surface area contributed by atoms with Gasteiger partial charge in [0.05, 0.1) is 13.2 Å². The first kappa shape index (κ1) is 116. The molecule has 130 heavy (non-hydrogen) atoms. The summed E-state index contributed by atoms with van der Waals surface area (Å²) in [5, 5.41) is 43.5. The number of aromatic nitrogens is 4. The third kappa shape index (κ3) is 54.9. The van der Waals surface area contributed by atoms with Crippen molar-refractivity contribution in [2.75, 3.05) is 68.5 Å². The van der Waals surface area contributed by atoms with Gasteiger partial charge in [0.15, 0.2) is 11.5 Å². The molecule has 3 aromatic rings. The van der Waals surface area contributed by atoms with Gasteiger partial charge < -0.3 is 90.1 Å². The molecule has 1 aromatic carbocycles. The van der Waals surface area contributed by atoms with Crippen LogP contribution in [0.15, 0.2) is 29.1 Å². The summed E-state index contributed by atoms with van der Waals surface area (Å²) in [6, 6.07) is -1.79. The highest BCUT2D eigenvalue weighted by atomic mass is 32.2. The van der Waals surface area contributed by atoms with E-state index in [2.05, 4.69) is 85.2 Å². The van der Waals surface area contributed by atoms with E-state index < -0.39 is 114 Å². The fourth-order valence-electron chi connectivity index (χ4n) is 15.7. The molecule has 19 N–H and O–H groups in total. The molecule has 2 heterocycles. The van der Waals surface area contributed by atoms with Crippen LogP contribution in [0.5, 0.6) is 0 Å². The number of rotatable bonds is 86. The molecule has 0 aliphatic heterocycles. The highest BCUT2D eigenvalue weighted by molar-refractivity contribution is 7.99. The summed E-state index contributed by atoms with van der Waals surface area (Å²) in [7, 11) is 0. The number of thioether (sulfide) groups is 1. The molecular formula is C98H174N16O15S. The number of carboxylic acid groups (broad SMARTS) is 1. The molecule has 0 aliphatic rings. The predicted octanol–water partition coefficient (Wildman–Crippen LogP) is 14.9. The lowest BCUT2D eigenvalue weighted by molar-refractivity contribution is -0.157. The Morgan fingerprint density at radius 1 is 0.431 bits per heavy atom. The average Bonchev–Trinajstić information content (AvgIpc) is 1.63. The van der Waals surface area contributed by atoms with Gasteiger partial charge in [0.1, 0.15) is 54.5 Å². The molecule has 0 fully saturated rings. The summed E-state index contributed by atoms with van der Waals surface area (Å²) < 4.78 is 13.3. The number of hydrogen-bond donors (Lipinski definition) is 15. The standard InChI is InChI=1S/C98H174N16O15S/c1-5-9-13-16-19-22-25-28-31-34-37-40-43-58-84(116)105-83(74-130-73-77(129-86(118)60-45-42-39-36-33-30-27-24-21-18-15-11-7-3)72-128-85(117)59-44-41-38-35-32-29-26-23-20-17-14-10-6-2)95(124)110-82(71-115)94(123)108-78(54-46-50-65-99)91(120)107-80(92(121)106-79(55-47-51-66-100)93(122)109-81(96(125)126)57-48-52-67-101)56-49-53-69-103-90(119)76-63-61-75(62-64-76)70-114-89-87(111-98(114)127)88(102)112-97(113-89)104-68-12-8-4/h61-64,77-83,115H,5-60,65-74,99-101H2,1-4H3,(H,103,119)(H,105,116)(H,106,121)(H,107,120)(H,108,123)(H,109,122)(H,110,124)(H,111,127)(H,125,126)(H3,102,104,112,113)/t77?,78-,79-,80-,81-,82-,83-/m0/s1. The molecule has 0 bridgehead atoms. The Hall–Kier alpha value is -7.94. The van der Waals surface area contributed by atoms with Gasteiger partial charge in [-0.25, -0.2) is 9.59 Å². The summed E-state index contributed by atoms with van der Waals surface area (Å²) in [6.07, 6.45) is 48.6. The Bertz CT molecular complexity index is 3610. The number of imidazole rings is 1. The number of fused-ring (bicyclic) bond motifs is 1. The summed E-state index contributed by atoms with van der Waals surface area (Å²) in [5.41, 5.74) is 24.9. The molecule has 0 radical (unpaired) electrons. The highest BCUT2D eigenvalue weighted by Gasteiger charge is 2.34. The minimum atomic E-state index is -1.69. The molecule has 32 heteroatoms. The number of amides is 7. The summed E-state index contributed by atoms with van der Waals surface area (Å²) >= 11 is 1.18. The Balaban J connectivity index is 1.91. The number of hydrogen-bond acceptors (Lipinski definition) is 22. The van der Waals surface area contributed by atoms with Crippen molar-refractivity contribution in [2.24, 2.45) is 17.2 Å². The zero-order valence-corrected chi connectivity index (χ0v) is 81.1. The van der Waals surface area contributed by atoms with Crippen LogP contribution >= 0.6 is 11.8 Å². The molecule has 1 unspecified atom stereocenters. The molecule has 0 saturated heterocycles. The number of aliphatic hydroxyl groups is 1. The highest BCUT2D eigenvalue weighted by Crippen LogP contribution is 2.23. The van der Waals surface area contributed by atoms with Crippen molar-refractivity contribution in [1.82, 2.24) is 56.7 Å². The predicted molar refractivity (Wildman–Crippen MR) is 522 cm³/mol. The van der Waals surface area contributed by atoms with Crippen LogP contribution in [-0.2, 0) is 59.2 Å². The molecule has 3 rings (SSSR count). The number of H-pyrrole nitrogens is 1. The number of nitrogens with two attached hydrogens (primary N) is 4. The number of nitrogens with one attached hydrogen (secondary N) is 9. The topological polar surface area (TPSA) is 494 Å². The molecule has 742 valence electrons. The lowest BCUT2D eigenvalue weighted by Crippen LogP contribution is -2.60. The van der Waals surface area contributed by atoms with Gasteiger partial charge in [0, 0.05) is 49.4 Å². The molecule has 7 atom stereocenters. The van der Waals surface area contributed by atoms with Gasteiger partial charge in [-0.3, -0.25) is 47.7 Å². The molecular weight excluding hydrogens is 1670 g/mol. The number of aromatic amines is 1. The number of anilines is 2. The fraction of sp³-hybridized carbons (Fsp3) is 0.786. The molecule has 0 spiro atoms. The fourth-order valence-corrected chi connectivity index (χ4v) is 16.8. The Morgan fingerprint density at radius 3 is 1.25 bits per heavy atom. The van der Waals surface area contributed by atoms with Crippen molar-refractivity contribution in [2.45, 2.75) is 436 Å².